The van der Waals surface area contributed by atoms with Crippen LogP contribution in [0.5, 0.6) is 5.75 Å². The molecule has 2 aromatic carbocycles. The SMILES string of the molecule is NC(CC(=O)N1CC2(CC2)COc2ccccc21)c1ccccc1. The quantitative estimate of drug-likeness (QED) is 0.943. The number of carbonyl (C=O) groups is 1. The van der Waals surface area contributed by atoms with E-state index in [4.69, 9.17) is 10.5 Å². The lowest BCUT2D eigenvalue weighted by molar-refractivity contribution is -0.119. The molecule has 4 nitrogen and oxygen atoms in total. The minimum atomic E-state index is -0.287. The minimum Gasteiger partial charge on any atom is -0.491 e. The van der Waals surface area contributed by atoms with E-state index < -0.39 is 0 Å². The van der Waals surface area contributed by atoms with Gasteiger partial charge in [0, 0.05) is 24.4 Å². The summed E-state index contributed by atoms with van der Waals surface area (Å²) in [5.74, 6) is 0.860. The molecule has 1 spiro atoms. The molecular formula is C20H22N2O2. The number of benzene rings is 2. The van der Waals surface area contributed by atoms with Crippen molar-refractivity contribution in [2.45, 2.75) is 25.3 Å². The number of para-hydroxylation sites is 2. The predicted molar refractivity (Wildman–Crippen MR) is 93.9 cm³/mol. The minimum absolute atomic E-state index is 0.0654. The monoisotopic (exact) mass is 322 g/mol. The van der Waals surface area contributed by atoms with Gasteiger partial charge in [0.1, 0.15) is 5.75 Å². The smallest absolute Gasteiger partial charge is 0.229 e. The lowest BCUT2D eigenvalue weighted by atomic mass is 10.0. The second kappa shape index (κ2) is 5.95. The van der Waals surface area contributed by atoms with E-state index in [0.717, 1.165) is 36.4 Å². The van der Waals surface area contributed by atoms with E-state index >= 15 is 0 Å². The molecule has 2 N–H and O–H groups in total. The number of carbonyl (C=O) groups excluding carboxylic acids is 1. The molecule has 4 heteroatoms. The largest absolute Gasteiger partial charge is 0.491 e. The molecule has 4 rings (SSSR count). The first-order chi connectivity index (χ1) is 11.7. The predicted octanol–water partition coefficient (Wildman–Crippen LogP) is 3.28. The van der Waals surface area contributed by atoms with Crippen LogP contribution in [0.2, 0.25) is 0 Å². The standard InChI is InChI=1S/C20H22N2O2/c21-16(15-6-2-1-3-7-15)12-19(23)22-13-20(10-11-20)14-24-18-9-5-4-8-17(18)22/h1-9,16H,10-14,21H2. The average Bonchev–Trinajstić information content (AvgIpc) is 3.41. The molecule has 2 aromatic rings. The number of hydrogen-bond acceptors (Lipinski definition) is 3. The Bertz CT molecular complexity index is 740. The number of amides is 1. The lowest BCUT2D eigenvalue weighted by Crippen LogP contribution is -2.37. The van der Waals surface area contributed by atoms with Gasteiger partial charge in [-0.2, -0.15) is 0 Å². The van der Waals surface area contributed by atoms with Crippen LogP contribution in [-0.2, 0) is 4.79 Å². The van der Waals surface area contributed by atoms with Gasteiger partial charge in [-0.25, -0.2) is 0 Å². The van der Waals surface area contributed by atoms with Gasteiger partial charge in [-0.1, -0.05) is 42.5 Å². The highest BCUT2D eigenvalue weighted by atomic mass is 16.5. The molecule has 2 aliphatic rings. The number of rotatable bonds is 3. The first kappa shape index (κ1) is 15.2. The van der Waals surface area contributed by atoms with Gasteiger partial charge < -0.3 is 15.4 Å². The van der Waals surface area contributed by atoms with Gasteiger partial charge in [0.15, 0.2) is 0 Å². The summed E-state index contributed by atoms with van der Waals surface area (Å²) in [4.78, 5) is 14.9. The van der Waals surface area contributed by atoms with E-state index in [0.29, 0.717) is 13.0 Å². The molecule has 1 aliphatic heterocycles. The number of nitrogens with two attached hydrogens (primary N) is 1. The molecule has 1 heterocycles. The fraction of sp³-hybridized carbons (Fsp3) is 0.350. The van der Waals surface area contributed by atoms with Gasteiger partial charge in [-0.05, 0) is 30.5 Å². The van der Waals surface area contributed by atoms with E-state index in [1.807, 2.05) is 59.5 Å². The van der Waals surface area contributed by atoms with E-state index in [1.54, 1.807) is 0 Å². The van der Waals surface area contributed by atoms with Gasteiger partial charge in [0.2, 0.25) is 5.91 Å². The summed E-state index contributed by atoms with van der Waals surface area (Å²) in [7, 11) is 0. The van der Waals surface area contributed by atoms with Crippen LogP contribution in [0.25, 0.3) is 0 Å². The van der Waals surface area contributed by atoms with Crippen molar-refractivity contribution < 1.29 is 9.53 Å². The Balaban J connectivity index is 1.58. The van der Waals surface area contributed by atoms with Crippen molar-refractivity contribution in [3.8, 4) is 5.75 Å². The van der Waals surface area contributed by atoms with Crippen molar-refractivity contribution >= 4 is 11.6 Å². The van der Waals surface area contributed by atoms with Gasteiger partial charge in [-0.3, -0.25) is 4.79 Å². The molecule has 1 unspecified atom stereocenters. The van der Waals surface area contributed by atoms with E-state index in [9.17, 15) is 4.79 Å². The Morgan fingerprint density at radius 2 is 1.83 bits per heavy atom. The molecule has 0 saturated heterocycles. The average molecular weight is 322 g/mol. The lowest BCUT2D eigenvalue weighted by Gasteiger charge is -2.25. The van der Waals surface area contributed by atoms with Crippen LogP contribution in [0.1, 0.15) is 30.9 Å². The zero-order valence-corrected chi connectivity index (χ0v) is 13.7. The third-order valence-electron chi connectivity index (χ3n) is 5.06. The zero-order valence-electron chi connectivity index (χ0n) is 13.7. The highest BCUT2D eigenvalue weighted by molar-refractivity contribution is 5.95. The Morgan fingerprint density at radius 3 is 2.58 bits per heavy atom. The van der Waals surface area contributed by atoms with Gasteiger partial charge in [0.05, 0.1) is 12.3 Å². The van der Waals surface area contributed by atoms with Crippen LogP contribution in [-0.4, -0.2) is 19.1 Å². The summed E-state index contributed by atoms with van der Waals surface area (Å²) >= 11 is 0. The second-order valence-electron chi connectivity index (χ2n) is 6.96. The zero-order chi connectivity index (χ0) is 16.6. The third kappa shape index (κ3) is 2.89. The van der Waals surface area contributed by atoms with Crippen molar-refractivity contribution in [2.24, 2.45) is 11.1 Å². The molecule has 1 amide bonds. The first-order valence-corrected chi connectivity index (χ1v) is 8.50. The van der Waals surface area contributed by atoms with Crippen LogP contribution in [0, 0.1) is 5.41 Å². The number of fused-ring (bicyclic) bond motifs is 1. The molecule has 1 aliphatic carbocycles. The van der Waals surface area contributed by atoms with Crippen molar-refractivity contribution in [3.05, 3.63) is 60.2 Å². The molecular weight excluding hydrogens is 300 g/mol. The van der Waals surface area contributed by atoms with Gasteiger partial charge >= 0.3 is 0 Å². The molecule has 1 saturated carbocycles. The number of ether oxygens (including phenoxy) is 1. The fourth-order valence-corrected chi connectivity index (χ4v) is 3.32. The van der Waals surface area contributed by atoms with Crippen LogP contribution >= 0.6 is 0 Å². The third-order valence-corrected chi connectivity index (χ3v) is 5.06. The second-order valence-corrected chi connectivity index (χ2v) is 6.96. The molecule has 1 atom stereocenters. The molecule has 0 aromatic heterocycles. The Kier molecular flexibility index (Phi) is 3.77. The van der Waals surface area contributed by atoms with Crippen LogP contribution in [0.15, 0.2) is 54.6 Å². The van der Waals surface area contributed by atoms with E-state index in [2.05, 4.69) is 0 Å². The highest BCUT2D eigenvalue weighted by Crippen LogP contribution is 2.50. The van der Waals surface area contributed by atoms with Crippen molar-refractivity contribution in [1.29, 1.82) is 0 Å². The Hall–Kier alpha value is -2.33. The van der Waals surface area contributed by atoms with Crippen molar-refractivity contribution in [1.82, 2.24) is 0 Å². The summed E-state index contributed by atoms with van der Waals surface area (Å²) in [6.07, 6.45) is 2.54. The maximum Gasteiger partial charge on any atom is 0.229 e. The number of nitrogens with zero attached hydrogens (tertiary/aromatic N) is 1. The summed E-state index contributed by atoms with van der Waals surface area (Å²) < 4.78 is 5.97. The molecule has 0 radical (unpaired) electrons. The molecule has 124 valence electrons. The fourth-order valence-electron chi connectivity index (χ4n) is 3.32. The Morgan fingerprint density at radius 1 is 1.12 bits per heavy atom. The van der Waals surface area contributed by atoms with Gasteiger partial charge in [0.25, 0.3) is 0 Å². The highest BCUT2D eigenvalue weighted by Gasteiger charge is 2.48. The molecule has 24 heavy (non-hydrogen) atoms. The van der Waals surface area contributed by atoms with Gasteiger partial charge in [-0.15, -0.1) is 0 Å². The van der Waals surface area contributed by atoms with Crippen molar-refractivity contribution in [2.75, 3.05) is 18.1 Å². The molecule has 1 fully saturated rings. The van der Waals surface area contributed by atoms with E-state index in [1.165, 1.54) is 0 Å². The van der Waals surface area contributed by atoms with E-state index in [-0.39, 0.29) is 17.4 Å². The maximum atomic E-state index is 13.0. The summed E-state index contributed by atoms with van der Waals surface area (Å²) in [5.41, 5.74) is 8.26. The Labute approximate surface area is 142 Å². The topological polar surface area (TPSA) is 55.6 Å². The maximum absolute atomic E-state index is 13.0. The van der Waals surface area contributed by atoms with Crippen LogP contribution in [0.4, 0.5) is 5.69 Å². The van der Waals surface area contributed by atoms with Crippen LogP contribution in [0.3, 0.4) is 0 Å². The normalized spacial score (nSPS) is 19.1. The first-order valence-electron chi connectivity index (χ1n) is 8.50. The number of hydrogen-bond donors (Lipinski definition) is 1. The molecule has 0 bridgehead atoms. The summed E-state index contributed by atoms with van der Waals surface area (Å²) in [6.45, 7) is 1.42. The summed E-state index contributed by atoms with van der Waals surface area (Å²) in [6, 6.07) is 17.3. The summed E-state index contributed by atoms with van der Waals surface area (Å²) in [5, 5.41) is 0. The van der Waals surface area contributed by atoms with Crippen molar-refractivity contribution in [3.63, 3.8) is 0 Å². The number of anilines is 1. The van der Waals surface area contributed by atoms with Crippen LogP contribution < -0.4 is 15.4 Å².